The number of amides is 1. The van der Waals surface area contributed by atoms with Crippen LogP contribution in [0.15, 0.2) is 12.3 Å². The van der Waals surface area contributed by atoms with E-state index >= 15 is 0 Å². The summed E-state index contributed by atoms with van der Waals surface area (Å²) in [7, 11) is -3.20. The van der Waals surface area contributed by atoms with Crippen molar-refractivity contribution >= 4 is 38.8 Å². The first-order valence-corrected chi connectivity index (χ1v) is 9.70. The lowest BCUT2D eigenvalue weighted by Gasteiger charge is -2.34. The first-order chi connectivity index (χ1) is 11.0. The van der Waals surface area contributed by atoms with Crippen molar-refractivity contribution in [3.05, 3.63) is 17.8 Å². The number of fused-ring (bicyclic) bond motifs is 1. The van der Waals surface area contributed by atoms with Gasteiger partial charge in [0.25, 0.3) is 5.91 Å². The maximum atomic E-state index is 12.5. The zero-order chi connectivity index (χ0) is 16.4. The van der Waals surface area contributed by atoms with Crippen LogP contribution in [-0.4, -0.2) is 69.2 Å². The van der Waals surface area contributed by atoms with Crippen LogP contribution >= 0.6 is 11.7 Å². The second-order valence-electron chi connectivity index (χ2n) is 5.34. The quantitative estimate of drug-likeness (QED) is 0.796. The van der Waals surface area contributed by atoms with E-state index in [0.29, 0.717) is 49.3 Å². The summed E-state index contributed by atoms with van der Waals surface area (Å²) in [6.45, 7) is 3.28. The molecule has 0 saturated carbocycles. The van der Waals surface area contributed by atoms with E-state index in [1.54, 1.807) is 11.0 Å². The van der Waals surface area contributed by atoms with Gasteiger partial charge in [-0.2, -0.15) is 13.1 Å². The second-order valence-corrected chi connectivity index (χ2v) is 7.96. The van der Waals surface area contributed by atoms with Crippen molar-refractivity contribution in [1.29, 1.82) is 0 Å². The SMILES string of the molecule is CCCS(=O)(=O)N1CCN(C(=O)c2cnc3nsnc3c2)CC1. The molecular formula is C13H17N5O3S2. The normalized spacial score (nSPS) is 16.8. The molecule has 1 saturated heterocycles. The van der Waals surface area contributed by atoms with Gasteiger partial charge in [0, 0.05) is 32.4 Å². The number of nitrogens with zero attached hydrogens (tertiary/aromatic N) is 5. The lowest BCUT2D eigenvalue weighted by Crippen LogP contribution is -2.51. The van der Waals surface area contributed by atoms with E-state index < -0.39 is 10.0 Å². The summed E-state index contributed by atoms with van der Waals surface area (Å²) in [6, 6.07) is 1.67. The molecule has 2 aromatic heterocycles. The van der Waals surface area contributed by atoms with E-state index in [2.05, 4.69) is 13.7 Å². The lowest BCUT2D eigenvalue weighted by atomic mass is 10.2. The van der Waals surface area contributed by atoms with E-state index in [-0.39, 0.29) is 11.7 Å². The molecule has 0 spiro atoms. The summed E-state index contributed by atoms with van der Waals surface area (Å²) in [6.07, 6.45) is 2.08. The number of carbonyl (C=O) groups is 1. The molecule has 124 valence electrons. The van der Waals surface area contributed by atoms with Gasteiger partial charge in [0.2, 0.25) is 10.0 Å². The minimum atomic E-state index is -3.20. The van der Waals surface area contributed by atoms with Crippen molar-refractivity contribution in [3.8, 4) is 0 Å². The van der Waals surface area contributed by atoms with Gasteiger partial charge >= 0.3 is 0 Å². The maximum Gasteiger partial charge on any atom is 0.255 e. The van der Waals surface area contributed by atoms with Gasteiger partial charge in [-0.05, 0) is 12.5 Å². The summed E-state index contributed by atoms with van der Waals surface area (Å²) < 4.78 is 33.6. The highest BCUT2D eigenvalue weighted by Gasteiger charge is 2.28. The minimum absolute atomic E-state index is 0.151. The average molecular weight is 355 g/mol. The maximum absolute atomic E-state index is 12.5. The van der Waals surface area contributed by atoms with E-state index in [4.69, 9.17) is 0 Å². The Morgan fingerprint density at radius 2 is 2.00 bits per heavy atom. The molecule has 10 heteroatoms. The van der Waals surface area contributed by atoms with Crippen LogP contribution in [0.25, 0.3) is 11.2 Å². The number of sulfonamides is 1. The van der Waals surface area contributed by atoms with Crippen LogP contribution < -0.4 is 0 Å². The van der Waals surface area contributed by atoms with Crippen molar-refractivity contribution in [1.82, 2.24) is 22.9 Å². The Bertz CT molecular complexity index is 812. The van der Waals surface area contributed by atoms with Crippen LogP contribution in [0.2, 0.25) is 0 Å². The highest BCUT2D eigenvalue weighted by Crippen LogP contribution is 2.15. The average Bonchev–Trinajstić information content (AvgIpc) is 3.02. The van der Waals surface area contributed by atoms with E-state index in [9.17, 15) is 13.2 Å². The van der Waals surface area contributed by atoms with Gasteiger partial charge in [-0.25, -0.2) is 13.4 Å². The molecule has 1 amide bonds. The van der Waals surface area contributed by atoms with Gasteiger partial charge < -0.3 is 4.90 Å². The molecule has 0 N–H and O–H groups in total. The fraction of sp³-hybridized carbons (Fsp3) is 0.538. The first kappa shape index (κ1) is 16.2. The van der Waals surface area contributed by atoms with Crippen LogP contribution in [0, 0.1) is 0 Å². The van der Waals surface area contributed by atoms with Crippen molar-refractivity contribution in [2.24, 2.45) is 0 Å². The molecule has 23 heavy (non-hydrogen) atoms. The van der Waals surface area contributed by atoms with Crippen LogP contribution in [0.1, 0.15) is 23.7 Å². The summed E-state index contributed by atoms with van der Waals surface area (Å²) in [5.41, 5.74) is 1.59. The van der Waals surface area contributed by atoms with E-state index in [0.717, 1.165) is 11.7 Å². The third-order valence-corrected chi connectivity index (χ3v) is 6.35. The Kier molecular flexibility index (Phi) is 4.55. The Labute approximate surface area is 138 Å². The number of hydrogen-bond acceptors (Lipinski definition) is 7. The fourth-order valence-corrected chi connectivity index (χ4v) is 4.52. The largest absolute Gasteiger partial charge is 0.336 e. The van der Waals surface area contributed by atoms with Crippen LogP contribution in [0.4, 0.5) is 0 Å². The Balaban J connectivity index is 1.68. The topological polar surface area (TPSA) is 96.4 Å². The summed E-state index contributed by atoms with van der Waals surface area (Å²) in [4.78, 5) is 18.3. The van der Waals surface area contributed by atoms with Crippen LogP contribution in [0.3, 0.4) is 0 Å². The van der Waals surface area contributed by atoms with E-state index in [1.807, 2.05) is 6.92 Å². The van der Waals surface area contributed by atoms with Gasteiger partial charge in [0.1, 0.15) is 5.52 Å². The highest BCUT2D eigenvalue weighted by molar-refractivity contribution is 7.89. The second kappa shape index (κ2) is 6.46. The van der Waals surface area contributed by atoms with Crippen molar-refractivity contribution in [3.63, 3.8) is 0 Å². The number of aromatic nitrogens is 3. The third kappa shape index (κ3) is 3.33. The van der Waals surface area contributed by atoms with Gasteiger partial charge in [-0.1, -0.05) is 6.92 Å². The Morgan fingerprint density at radius 1 is 1.26 bits per heavy atom. The molecule has 0 unspecified atom stereocenters. The predicted octanol–water partition coefficient (Wildman–Crippen LogP) is 0.584. The highest BCUT2D eigenvalue weighted by atomic mass is 32.2. The van der Waals surface area contributed by atoms with Gasteiger partial charge in [0.15, 0.2) is 5.65 Å². The van der Waals surface area contributed by atoms with Crippen LogP contribution in [0.5, 0.6) is 0 Å². The van der Waals surface area contributed by atoms with Crippen molar-refractivity contribution in [2.75, 3.05) is 31.9 Å². The number of pyridine rings is 1. The smallest absolute Gasteiger partial charge is 0.255 e. The Morgan fingerprint density at radius 3 is 2.70 bits per heavy atom. The molecule has 8 nitrogen and oxygen atoms in total. The minimum Gasteiger partial charge on any atom is -0.336 e. The first-order valence-electron chi connectivity index (χ1n) is 7.36. The molecular weight excluding hydrogens is 338 g/mol. The predicted molar refractivity (Wildman–Crippen MR) is 86.8 cm³/mol. The zero-order valence-electron chi connectivity index (χ0n) is 12.7. The van der Waals surface area contributed by atoms with Gasteiger partial charge in [-0.3, -0.25) is 4.79 Å². The standard InChI is InChI=1S/C13H17N5O3S2/c1-2-7-23(20,21)18-5-3-17(4-6-18)13(19)10-8-11-12(14-9-10)16-22-15-11/h8-9H,2-7H2,1H3. The lowest BCUT2D eigenvalue weighted by molar-refractivity contribution is 0.0697. The molecule has 1 fully saturated rings. The van der Waals surface area contributed by atoms with Gasteiger partial charge in [0.05, 0.1) is 23.0 Å². The van der Waals surface area contributed by atoms with Crippen molar-refractivity contribution in [2.45, 2.75) is 13.3 Å². The fourth-order valence-electron chi connectivity index (χ4n) is 2.54. The van der Waals surface area contributed by atoms with E-state index in [1.165, 1.54) is 10.5 Å². The molecule has 3 rings (SSSR count). The number of piperazine rings is 1. The number of carbonyl (C=O) groups excluding carboxylic acids is 1. The molecule has 3 heterocycles. The summed E-state index contributed by atoms with van der Waals surface area (Å²) in [5, 5.41) is 0. The summed E-state index contributed by atoms with van der Waals surface area (Å²) in [5.74, 6) is -0.00168. The van der Waals surface area contributed by atoms with Gasteiger partial charge in [-0.15, -0.1) is 0 Å². The molecule has 2 aromatic rings. The monoisotopic (exact) mass is 355 g/mol. The zero-order valence-corrected chi connectivity index (χ0v) is 14.3. The van der Waals surface area contributed by atoms with Crippen molar-refractivity contribution < 1.29 is 13.2 Å². The molecule has 1 aliphatic heterocycles. The molecule has 0 bridgehead atoms. The molecule has 0 atom stereocenters. The third-order valence-electron chi connectivity index (χ3n) is 3.74. The summed E-state index contributed by atoms with van der Waals surface area (Å²) >= 11 is 1.06. The molecule has 1 aliphatic rings. The Hall–Kier alpha value is -1.65. The molecule has 0 aliphatic carbocycles. The molecule has 0 radical (unpaired) electrons. The van der Waals surface area contributed by atoms with Crippen LogP contribution in [-0.2, 0) is 10.0 Å². The molecule has 0 aromatic carbocycles. The number of hydrogen-bond donors (Lipinski definition) is 0. The number of rotatable bonds is 4.